The first-order valence-electron chi connectivity index (χ1n) is 5.35. The lowest BCUT2D eigenvalue weighted by Gasteiger charge is -2.18. The molecule has 2 aromatic heterocycles. The molecule has 0 radical (unpaired) electrons. The lowest BCUT2D eigenvalue weighted by atomic mass is 10.2. The Kier molecular flexibility index (Phi) is 3.25. The number of rotatable bonds is 1. The molecule has 6 nitrogen and oxygen atoms in total. The molecule has 0 atom stereocenters. The van der Waals surface area contributed by atoms with E-state index in [1.807, 2.05) is 6.07 Å². The minimum Gasteiger partial charge on any atom is -0.444 e. The Labute approximate surface area is 112 Å². The summed E-state index contributed by atoms with van der Waals surface area (Å²) >= 11 is 3.33. The minimum absolute atomic E-state index is 0.211. The van der Waals surface area contributed by atoms with E-state index in [1.165, 1.54) is 0 Å². The van der Waals surface area contributed by atoms with E-state index in [0.717, 1.165) is 4.47 Å². The Hall–Kier alpha value is -1.63. The van der Waals surface area contributed by atoms with Gasteiger partial charge in [0.25, 0.3) is 5.95 Å². The van der Waals surface area contributed by atoms with Crippen LogP contribution in [0.1, 0.15) is 20.8 Å². The van der Waals surface area contributed by atoms with Gasteiger partial charge in [-0.25, -0.2) is 9.31 Å². The van der Waals surface area contributed by atoms with E-state index in [-0.39, 0.29) is 5.95 Å². The zero-order valence-electron chi connectivity index (χ0n) is 10.3. The van der Waals surface area contributed by atoms with Gasteiger partial charge in [0.15, 0.2) is 5.65 Å². The van der Waals surface area contributed by atoms with Gasteiger partial charge in [0.2, 0.25) is 0 Å². The highest BCUT2D eigenvalue weighted by Gasteiger charge is 2.17. The molecule has 0 saturated heterocycles. The van der Waals surface area contributed by atoms with Gasteiger partial charge in [-0.3, -0.25) is 5.32 Å². The van der Waals surface area contributed by atoms with Crippen molar-refractivity contribution >= 4 is 33.6 Å². The van der Waals surface area contributed by atoms with Crippen LogP contribution in [0.15, 0.2) is 22.8 Å². The van der Waals surface area contributed by atoms with Crippen molar-refractivity contribution in [3.05, 3.63) is 22.8 Å². The van der Waals surface area contributed by atoms with Crippen molar-refractivity contribution in [2.75, 3.05) is 5.32 Å². The SMILES string of the molecule is CC(C)(C)OC(=O)Nc1nc2ccc(Br)cn2n1. The van der Waals surface area contributed by atoms with E-state index in [4.69, 9.17) is 4.74 Å². The minimum atomic E-state index is -0.572. The van der Waals surface area contributed by atoms with Crippen molar-refractivity contribution in [1.82, 2.24) is 14.6 Å². The Bertz CT molecular complexity index is 588. The molecule has 0 aliphatic carbocycles. The number of hydrogen-bond acceptors (Lipinski definition) is 4. The van der Waals surface area contributed by atoms with Gasteiger partial charge in [0, 0.05) is 10.7 Å². The molecule has 1 N–H and O–H groups in total. The van der Waals surface area contributed by atoms with E-state index < -0.39 is 11.7 Å². The summed E-state index contributed by atoms with van der Waals surface area (Å²) in [6.07, 6.45) is 1.18. The van der Waals surface area contributed by atoms with Gasteiger partial charge in [0.05, 0.1) is 0 Å². The highest BCUT2D eigenvalue weighted by molar-refractivity contribution is 9.10. The Balaban J connectivity index is 2.15. The molecule has 0 saturated carbocycles. The zero-order chi connectivity index (χ0) is 13.3. The summed E-state index contributed by atoms with van der Waals surface area (Å²) in [4.78, 5) is 15.7. The molecular formula is C11H13BrN4O2. The van der Waals surface area contributed by atoms with Gasteiger partial charge in [-0.05, 0) is 48.8 Å². The summed E-state index contributed by atoms with van der Waals surface area (Å²) in [5.74, 6) is 0.211. The third-order valence-electron chi connectivity index (χ3n) is 1.91. The highest BCUT2D eigenvalue weighted by atomic mass is 79.9. The molecule has 1 amide bonds. The molecule has 2 rings (SSSR count). The van der Waals surface area contributed by atoms with Gasteiger partial charge in [-0.15, -0.1) is 5.10 Å². The van der Waals surface area contributed by atoms with Crippen molar-refractivity contribution in [2.45, 2.75) is 26.4 Å². The van der Waals surface area contributed by atoms with E-state index >= 15 is 0 Å². The normalized spacial score (nSPS) is 11.6. The molecule has 7 heteroatoms. The van der Waals surface area contributed by atoms with E-state index in [2.05, 4.69) is 31.3 Å². The molecule has 18 heavy (non-hydrogen) atoms. The summed E-state index contributed by atoms with van der Waals surface area (Å²) in [5, 5.41) is 6.59. The highest BCUT2D eigenvalue weighted by Crippen LogP contribution is 2.13. The van der Waals surface area contributed by atoms with Crippen molar-refractivity contribution < 1.29 is 9.53 Å². The van der Waals surface area contributed by atoms with Crippen LogP contribution >= 0.6 is 15.9 Å². The molecule has 0 bridgehead atoms. The first-order chi connectivity index (χ1) is 8.33. The van der Waals surface area contributed by atoms with Crippen LogP contribution in [0.2, 0.25) is 0 Å². The summed E-state index contributed by atoms with van der Waals surface area (Å²) in [5.41, 5.74) is 0.0935. The fourth-order valence-corrected chi connectivity index (χ4v) is 1.63. The average molecular weight is 313 g/mol. The predicted octanol–water partition coefficient (Wildman–Crippen LogP) is 2.84. The van der Waals surface area contributed by atoms with Gasteiger partial charge in [-0.1, -0.05) is 0 Å². The standard InChI is InChI=1S/C11H13BrN4O2/c1-11(2,3)18-10(17)14-9-13-8-5-4-7(12)6-16(8)15-9/h4-6H,1-3H3,(H,14,15,17). The van der Waals surface area contributed by atoms with Crippen LogP contribution in [0.5, 0.6) is 0 Å². The molecule has 96 valence electrons. The van der Waals surface area contributed by atoms with Gasteiger partial charge < -0.3 is 4.74 Å². The molecule has 0 spiro atoms. The third kappa shape index (κ3) is 3.19. The number of anilines is 1. The predicted molar refractivity (Wildman–Crippen MR) is 70.5 cm³/mol. The molecule has 0 unspecified atom stereocenters. The average Bonchev–Trinajstić information content (AvgIpc) is 2.55. The van der Waals surface area contributed by atoms with Gasteiger partial charge >= 0.3 is 6.09 Å². The second-order valence-electron chi connectivity index (χ2n) is 4.71. The summed E-state index contributed by atoms with van der Waals surface area (Å²) in [6.45, 7) is 5.38. The zero-order valence-corrected chi connectivity index (χ0v) is 11.9. The number of halogens is 1. The first-order valence-corrected chi connectivity index (χ1v) is 6.15. The maximum atomic E-state index is 11.5. The smallest absolute Gasteiger partial charge is 0.414 e. The fourth-order valence-electron chi connectivity index (χ4n) is 1.31. The number of nitrogens with zero attached hydrogens (tertiary/aromatic N) is 3. The van der Waals surface area contributed by atoms with Crippen molar-refractivity contribution in [1.29, 1.82) is 0 Å². The number of hydrogen-bond donors (Lipinski definition) is 1. The number of pyridine rings is 1. The number of carbonyl (C=O) groups excluding carboxylic acids is 1. The van der Waals surface area contributed by atoms with E-state index in [1.54, 1.807) is 37.5 Å². The van der Waals surface area contributed by atoms with E-state index in [9.17, 15) is 4.79 Å². The topological polar surface area (TPSA) is 68.5 Å². The molecule has 0 aliphatic heterocycles. The summed E-state index contributed by atoms with van der Waals surface area (Å²) < 4.78 is 7.56. The second kappa shape index (κ2) is 4.56. The Morgan fingerprint density at radius 3 is 2.83 bits per heavy atom. The lowest BCUT2D eigenvalue weighted by Crippen LogP contribution is -2.27. The molecule has 0 aromatic carbocycles. The number of amides is 1. The van der Waals surface area contributed by atoms with Crippen LogP contribution in [0.4, 0.5) is 10.7 Å². The van der Waals surface area contributed by atoms with Crippen LogP contribution < -0.4 is 5.32 Å². The molecule has 2 heterocycles. The number of carbonyl (C=O) groups is 1. The molecule has 2 aromatic rings. The van der Waals surface area contributed by atoms with Gasteiger partial charge in [0.1, 0.15) is 5.60 Å². The molecule has 0 fully saturated rings. The molecular weight excluding hydrogens is 300 g/mol. The lowest BCUT2D eigenvalue weighted by molar-refractivity contribution is 0.0634. The number of nitrogens with one attached hydrogen (secondary N) is 1. The van der Waals surface area contributed by atoms with Crippen LogP contribution in [-0.4, -0.2) is 26.3 Å². The third-order valence-corrected chi connectivity index (χ3v) is 2.38. The summed E-state index contributed by atoms with van der Waals surface area (Å²) in [6, 6.07) is 3.64. The van der Waals surface area contributed by atoms with Crippen LogP contribution in [0.25, 0.3) is 5.65 Å². The number of ether oxygens (including phenoxy) is 1. The number of fused-ring (bicyclic) bond motifs is 1. The first kappa shape index (κ1) is 12.8. The molecule has 0 aliphatic rings. The quantitative estimate of drug-likeness (QED) is 0.879. The largest absolute Gasteiger partial charge is 0.444 e. The van der Waals surface area contributed by atoms with Crippen molar-refractivity contribution in [3.63, 3.8) is 0 Å². The van der Waals surface area contributed by atoms with Crippen LogP contribution in [0.3, 0.4) is 0 Å². The van der Waals surface area contributed by atoms with Crippen LogP contribution in [-0.2, 0) is 4.74 Å². The van der Waals surface area contributed by atoms with E-state index in [0.29, 0.717) is 5.65 Å². The maximum Gasteiger partial charge on any atom is 0.414 e. The maximum absolute atomic E-state index is 11.5. The Morgan fingerprint density at radius 1 is 1.44 bits per heavy atom. The summed E-state index contributed by atoms with van der Waals surface area (Å²) in [7, 11) is 0. The second-order valence-corrected chi connectivity index (χ2v) is 5.63. The van der Waals surface area contributed by atoms with Crippen molar-refractivity contribution in [3.8, 4) is 0 Å². The van der Waals surface area contributed by atoms with Crippen LogP contribution in [0, 0.1) is 0 Å². The fraction of sp³-hybridized carbons (Fsp3) is 0.364. The number of aromatic nitrogens is 3. The van der Waals surface area contributed by atoms with Crippen molar-refractivity contribution in [2.24, 2.45) is 0 Å². The Morgan fingerprint density at radius 2 is 2.17 bits per heavy atom. The van der Waals surface area contributed by atoms with Gasteiger partial charge in [-0.2, -0.15) is 4.98 Å². The monoisotopic (exact) mass is 312 g/mol.